The summed E-state index contributed by atoms with van der Waals surface area (Å²) in [5.41, 5.74) is 0.482. The first kappa shape index (κ1) is 18.3. The minimum absolute atomic E-state index is 0.0673. The fraction of sp³-hybridized carbons (Fsp3) is 0.125. The predicted octanol–water partition coefficient (Wildman–Crippen LogP) is 2.49. The Kier molecular flexibility index (Phi) is 5.57. The highest BCUT2D eigenvalue weighted by atomic mass is 35.5. The van der Waals surface area contributed by atoms with E-state index < -0.39 is 10.9 Å². The van der Waals surface area contributed by atoms with Gasteiger partial charge >= 0.3 is 5.97 Å². The van der Waals surface area contributed by atoms with E-state index in [4.69, 9.17) is 16.3 Å². The van der Waals surface area contributed by atoms with Crippen molar-refractivity contribution in [1.82, 2.24) is 19.7 Å². The van der Waals surface area contributed by atoms with E-state index in [2.05, 4.69) is 20.4 Å². The molecule has 0 amide bonds. The van der Waals surface area contributed by atoms with E-state index in [-0.39, 0.29) is 23.1 Å². The third-order valence-corrected chi connectivity index (χ3v) is 3.53. The van der Waals surface area contributed by atoms with Gasteiger partial charge in [0.2, 0.25) is 0 Å². The lowest BCUT2D eigenvalue weighted by Gasteiger charge is -2.06. The van der Waals surface area contributed by atoms with E-state index in [1.165, 1.54) is 47.5 Å². The van der Waals surface area contributed by atoms with Gasteiger partial charge in [-0.1, -0.05) is 17.7 Å². The van der Waals surface area contributed by atoms with Crippen LogP contribution in [0.4, 0.5) is 11.5 Å². The maximum atomic E-state index is 12.0. The van der Waals surface area contributed by atoms with Crippen LogP contribution in [0.2, 0.25) is 5.15 Å². The topological polar surface area (TPSA) is 125 Å². The number of rotatable bonds is 7. The molecular formula is C16H13ClN6O4. The molecule has 0 unspecified atom stereocenters. The Labute approximate surface area is 157 Å². The quantitative estimate of drug-likeness (QED) is 0.283. The highest BCUT2D eigenvalue weighted by Gasteiger charge is 2.13. The zero-order chi connectivity index (χ0) is 19.2. The van der Waals surface area contributed by atoms with Gasteiger partial charge in [-0.15, -0.1) is 0 Å². The fourth-order valence-electron chi connectivity index (χ4n) is 2.15. The van der Waals surface area contributed by atoms with E-state index in [1.807, 2.05) is 0 Å². The van der Waals surface area contributed by atoms with Crippen LogP contribution in [-0.4, -0.2) is 43.8 Å². The first-order chi connectivity index (χ1) is 13.0. The number of anilines is 1. The predicted molar refractivity (Wildman–Crippen MR) is 96.0 cm³/mol. The van der Waals surface area contributed by atoms with Crippen molar-refractivity contribution in [3.8, 4) is 5.69 Å². The number of carbonyl (C=O) groups is 1. The molecule has 2 aromatic heterocycles. The number of carbonyl (C=O) groups excluding carboxylic acids is 1. The minimum Gasteiger partial charge on any atom is -0.459 e. The molecule has 27 heavy (non-hydrogen) atoms. The van der Waals surface area contributed by atoms with Crippen LogP contribution < -0.4 is 5.32 Å². The second-order valence-electron chi connectivity index (χ2n) is 5.21. The number of aromatic nitrogens is 4. The molecule has 3 aromatic rings. The number of hydrogen-bond donors (Lipinski definition) is 1. The fourth-order valence-corrected chi connectivity index (χ4v) is 2.30. The Morgan fingerprint density at radius 3 is 2.96 bits per heavy atom. The van der Waals surface area contributed by atoms with Gasteiger partial charge in [0.1, 0.15) is 17.6 Å². The molecule has 0 radical (unpaired) electrons. The lowest BCUT2D eigenvalue weighted by atomic mass is 10.3. The smallest absolute Gasteiger partial charge is 0.358 e. The van der Waals surface area contributed by atoms with Crippen LogP contribution in [0, 0.1) is 10.1 Å². The van der Waals surface area contributed by atoms with Crippen molar-refractivity contribution in [1.29, 1.82) is 0 Å². The molecule has 1 N–H and O–H groups in total. The van der Waals surface area contributed by atoms with Crippen molar-refractivity contribution < 1.29 is 14.5 Å². The molecule has 0 aliphatic rings. The number of nitrogens with one attached hydrogen (secondary N) is 1. The largest absolute Gasteiger partial charge is 0.459 e. The Morgan fingerprint density at radius 1 is 1.33 bits per heavy atom. The van der Waals surface area contributed by atoms with E-state index in [0.717, 1.165) is 0 Å². The summed E-state index contributed by atoms with van der Waals surface area (Å²) in [4.78, 5) is 30.3. The van der Waals surface area contributed by atoms with E-state index in [1.54, 1.807) is 6.07 Å². The molecule has 0 bridgehead atoms. The Bertz CT molecular complexity index is 977. The summed E-state index contributed by atoms with van der Waals surface area (Å²) in [5.74, 6) is -0.147. The second kappa shape index (κ2) is 8.23. The number of nitrogens with zero attached hydrogens (tertiary/aromatic N) is 5. The van der Waals surface area contributed by atoms with Crippen LogP contribution in [0.25, 0.3) is 5.69 Å². The molecule has 0 fully saturated rings. The van der Waals surface area contributed by atoms with Crippen molar-refractivity contribution in [3.05, 3.63) is 69.9 Å². The molecule has 0 saturated heterocycles. The van der Waals surface area contributed by atoms with E-state index >= 15 is 0 Å². The summed E-state index contributed by atoms with van der Waals surface area (Å²) in [6.45, 7) is 0.392. The van der Waals surface area contributed by atoms with Crippen molar-refractivity contribution in [2.24, 2.45) is 0 Å². The molecule has 2 heterocycles. The normalized spacial score (nSPS) is 10.4. The number of non-ortho nitro benzene ring substituents is 1. The third kappa shape index (κ3) is 4.76. The third-order valence-electron chi connectivity index (χ3n) is 3.35. The number of ether oxygens (including phenoxy) is 1. The van der Waals surface area contributed by atoms with Crippen molar-refractivity contribution in [3.63, 3.8) is 0 Å². The van der Waals surface area contributed by atoms with Gasteiger partial charge in [-0.05, 0) is 12.1 Å². The van der Waals surface area contributed by atoms with Crippen LogP contribution in [0.15, 0.2) is 48.9 Å². The number of benzene rings is 1. The summed E-state index contributed by atoms with van der Waals surface area (Å²) in [7, 11) is 0. The van der Waals surface area contributed by atoms with Crippen molar-refractivity contribution in [2.75, 3.05) is 18.5 Å². The average Bonchev–Trinajstić information content (AvgIpc) is 3.15. The lowest BCUT2D eigenvalue weighted by Crippen LogP contribution is -2.15. The molecule has 138 valence electrons. The lowest BCUT2D eigenvalue weighted by molar-refractivity contribution is -0.384. The summed E-state index contributed by atoms with van der Waals surface area (Å²) >= 11 is 5.72. The molecule has 10 nitrogen and oxygen atoms in total. The summed E-state index contributed by atoms with van der Waals surface area (Å²) < 4.78 is 6.49. The molecule has 0 aliphatic carbocycles. The molecule has 3 rings (SSSR count). The zero-order valence-electron chi connectivity index (χ0n) is 13.8. The number of esters is 1. The van der Waals surface area contributed by atoms with Crippen LogP contribution in [0.5, 0.6) is 0 Å². The van der Waals surface area contributed by atoms with Crippen molar-refractivity contribution in [2.45, 2.75) is 0 Å². The first-order valence-electron chi connectivity index (χ1n) is 7.72. The van der Waals surface area contributed by atoms with E-state index in [9.17, 15) is 14.9 Å². The highest BCUT2D eigenvalue weighted by molar-refractivity contribution is 6.29. The van der Waals surface area contributed by atoms with Crippen LogP contribution >= 0.6 is 11.6 Å². The van der Waals surface area contributed by atoms with Crippen molar-refractivity contribution >= 4 is 29.1 Å². The number of nitro groups is 1. The van der Waals surface area contributed by atoms with Gasteiger partial charge in [-0.25, -0.2) is 14.5 Å². The van der Waals surface area contributed by atoms with Gasteiger partial charge in [0.25, 0.3) is 5.69 Å². The summed E-state index contributed by atoms with van der Waals surface area (Å²) in [5, 5.41) is 18.1. The zero-order valence-corrected chi connectivity index (χ0v) is 14.5. The number of nitro benzene ring substituents is 1. The summed E-state index contributed by atoms with van der Waals surface area (Å²) in [6.07, 6.45) is 4.42. The highest BCUT2D eigenvalue weighted by Crippen LogP contribution is 2.16. The summed E-state index contributed by atoms with van der Waals surface area (Å²) in [6, 6.07) is 7.39. The Morgan fingerprint density at radius 2 is 2.19 bits per heavy atom. The molecule has 0 saturated carbocycles. The molecule has 11 heteroatoms. The van der Waals surface area contributed by atoms with Crippen LogP contribution in [-0.2, 0) is 4.74 Å². The van der Waals surface area contributed by atoms with Gasteiger partial charge in [0.05, 0.1) is 29.5 Å². The molecular weight excluding hydrogens is 376 g/mol. The number of hydrogen-bond acceptors (Lipinski definition) is 8. The van der Waals surface area contributed by atoms with Crippen LogP contribution in [0.3, 0.4) is 0 Å². The SMILES string of the molecule is O=C(OCCNc1cncc(Cl)n1)c1ccn(-c2cccc([N+](=O)[O-])c2)n1. The van der Waals surface area contributed by atoms with Crippen LogP contribution in [0.1, 0.15) is 10.5 Å². The van der Waals surface area contributed by atoms with E-state index in [0.29, 0.717) is 18.1 Å². The Balaban J connectivity index is 1.55. The average molecular weight is 389 g/mol. The van der Waals surface area contributed by atoms with Gasteiger partial charge in [0.15, 0.2) is 5.69 Å². The maximum absolute atomic E-state index is 12.0. The maximum Gasteiger partial charge on any atom is 0.358 e. The second-order valence-corrected chi connectivity index (χ2v) is 5.60. The van der Waals surface area contributed by atoms with Gasteiger partial charge in [-0.3, -0.25) is 15.1 Å². The van der Waals surface area contributed by atoms with Gasteiger partial charge < -0.3 is 10.1 Å². The molecule has 1 aromatic carbocycles. The van der Waals surface area contributed by atoms with Gasteiger partial charge in [0, 0.05) is 18.3 Å². The standard InChI is InChI=1S/C16H13ClN6O4/c17-14-9-18-10-15(20-14)19-5-7-27-16(24)13-4-6-22(21-13)11-2-1-3-12(8-11)23(25)26/h1-4,6,8-10H,5,7H2,(H,19,20). The molecule has 0 atom stereocenters. The number of halogens is 1. The molecule has 0 aliphatic heterocycles. The first-order valence-corrected chi connectivity index (χ1v) is 8.10. The minimum atomic E-state index is -0.613. The monoisotopic (exact) mass is 388 g/mol. The van der Waals surface area contributed by atoms with Gasteiger partial charge in [-0.2, -0.15) is 5.10 Å². The molecule has 0 spiro atoms. The Hall–Kier alpha value is -3.53.